The zero-order valence-electron chi connectivity index (χ0n) is 23.2. The first-order valence-electron chi connectivity index (χ1n) is 11.9. The molecule has 1 N–H and O–H groups in total. The second-order valence-electron chi connectivity index (χ2n) is 10.8. The molecule has 0 aliphatic heterocycles. The molecule has 0 radical (unpaired) electrons. The van der Waals surface area contributed by atoms with Gasteiger partial charge in [-0.3, -0.25) is 9.59 Å². The third kappa shape index (κ3) is 9.58. The highest BCUT2D eigenvalue weighted by Crippen LogP contribution is 2.29. The van der Waals surface area contributed by atoms with Gasteiger partial charge in [0.25, 0.3) is 5.91 Å². The van der Waals surface area contributed by atoms with E-state index in [2.05, 4.69) is 5.32 Å². The van der Waals surface area contributed by atoms with Crippen LogP contribution in [-0.2, 0) is 14.3 Å². The van der Waals surface area contributed by atoms with Crippen molar-refractivity contribution in [3.05, 3.63) is 34.7 Å². The van der Waals surface area contributed by atoms with Crippen molar-refractivity contribution in [1.29, 1.82) is 0 Å². The lowest BCUT2D eigenvalue weighted by Gasteiger charge is -2.34. The van der Waals surface area contributed by atoms with E-state index in [4.69, 9.17) is 17.0 Å². The van der Waals surface area contributed by atoms with Crippen LogP contribution in [0.2, 0.25) is 0 Å². The number of likely N-dealkylation sites (N-methyl/N-ethyl adjacent to an activating group) is 1. The number of carbonyl (C=O) groups excluding carboxylic acids is 3. The maximum Gasteiger partial charge on any atom is 0.408 e. The van der Waals surface area contributed by atoms with E-state index in [1.165, 1.54) is 9.60 Å². The van der Waals surface area contributed by atoms with Crippen LogP contribution in [0.3, 0.4) is 0 Å². The molecule has 0 aliphatic carbocycles. The molecule has 0 spiro atoms. The van der Waals surface area contributed by atoms with Crippen molar-refractivity contribution in [2.45, 2.75) is 60.1 Å². The quantitative estimate of drug-likeness (QED) is 0.301. The summed E-state index contributed by atoms with van der Waals surface area (Å²) in [6.07, 6.45) is 1.06. The first kappa shape index (κ1) is 31.6. The monoisotopic (exact) mass is 535 g/mol. The number of thioether (sulfide) groups is 1. The van der Waals surface area contributed by atoms with Crippen LogP contribution in [-0.4, -0.2) is 66.7 Å². The highest BCUT2D eigenvalue weighted by atomic mass is 32.2. The second kappa shape index (κ2) is 13.2. The third-order valence-electron chi connectivity index (χ3n) is 5.98. The van der Waals surface area contributed by atoms with Gasteiger partial charge in [0.1, 0.15) is 11.6 Å². The van der Waals surface area contributed by atoms with E-state index < -0.39 is 23.2 Å². The summed E-state index contributed by atoms with van der Waals surface area (Å²) in [5.74, 6) is -0.445. The summed E-state index contributed by atoms with van der Waals surface area (Å²) in [7, 11) is 5.52. The number of hydrogen-bond acceptors (Lipinski definition) is 7. The van der Waals surface area contributed by atoms with Gasteiger partial charge in [-0.15, -0.1) is 0 Å². The molecule has 9 heteroatoms. The largest absolute Gasteiger partial charge is 0.444 e. The van der Waals surface area contributed by atoms with Crippen LogP contribution in [0.25, 0.3) is 6.08 Å². The lowest BCUT2D eigenvalue weighted by Crippen LogP contribution is -2.54. The van der Waals surface area contributed by atoms with Crippen molar-refractivity contribution in [3.8, 4) is 0 Å². The van der Waals surface area contributed by atoms with Gasteiger partial charge in [0, 0.05) is 43.5 Å². The number of benzene rings is 1. The minimum Gasteiger partial charge on any atom is -0.444 e. The molecular formula is C27H41N3O4S2. The highest BCUT2D eigenvalue weighted by molar-refractivity contribution is 8.24. The zero-order valence-corrected chi connectivity index (χ0v) is 24.8. The minimum atomic E-state index is -0.940. The maximum atomic E-state index is 13.5. The Morgan fingerprint density at radius 2 is 1.61 bits per heavy atom. The Hall–Kier alpha value is -2.39. The number of rotatable bonds is 11. The van der Waals surface area contributed by atoms with Gasteiger partial charge in [-0.2, -0.15) is 0 Å². The maximum absolute atomic E-state index is 13.5. The molecule has 0 aromatic heterocycles. The second-order valence-corrected chi connectivity index (χ2v) is 12.3. The fourth-order valence-corrected chi connectivity index (χ4v) is 4.02. The average Bonchev–Trinajstić information content (AvgIpc) is 2.76. The number of ether oxygens (including phenoxy) is 1. The topological polar surface area (TPSA) is 79.0 Å². The molecule has 0 saturated heterocycles. The van der Waals surface area contributed by atoms with Crippen LogP contribution in [0.4, 0.5) is 10.5 Å². The van der Waals surface area contributed by atoms with E-state index in [0.717, 1.165) is 23.0 Å². The van der Waals surface area contributed by atoms with Gasteiger partial charge in [-0.05, 0) is 50.5 Å². The Bertz CT molecular complexity index is 964. The Labute approximate surface area is 226 Å². The Morgan fingerprint density at radius 3 is 2.06 bits per heavy atom. The van der Waals surface area contributed by atoms with Crippen LogP contribution < -0.4 is 10.2 Å². The van der Waals surface area contributed by atoms with E-state index in [1.807, 2.05) is 71.0 Å². The lowest BCUT2D eigenvalue weighted by molar-refractivity contribution is -0.133. The summed E-state index contributed by atoms with van der Waals surface area (Å²) in [5, 5.41) is 2.69. The molecule has 0 heterocycles. The van der Waals surface area contributed by atoms with Gasteiger partial charge in [-0.25, -0.2) is 4.79 Å². The van der Waals surface area contributed by atoms with Crippen LogP contribution in [0.15, 0.2) is 29.2 Å². The molecule has 0 saturated carbocycles. The minimum absolute atomic E-state index is 0.0119. The Morgan fingerprint density at radius 1 is 1.06 bits per heavy atom. The number of carbonyl (C=O) groups is 3. The predicted octanol–water partition coefficient (Wildman–Crippen LogP) is 5.39. The number of thiocarbonyl (C=S) groups is 1. The Balaban J connectivity index is 3.22. The van der Waals surface area contributed by atoms with Crippen molar-refractivity contribution < 1.29 is 19.1 Å². The molecule has 2 amide bonds. The van der Waals surface area contributed by atoms with Gasteiger partial charge < -0.3 is 19.9 Å². The smallest absolute Gasteiger partial charge is 0.408 e. The predicted molar refractivity (Wildman–Crippen MR) is 154 cm³/mol. The zero-order chi connectivity index (χ0) is 27.8. The molecule has 0 aliphatic rings. The van der Waals surface area contributed by atoms with E-state index in [9.17, 15) is 14.4 Å². The fourth-order valence-electron chi connectivity index (χ4n) is 3.14. The standard InChI is InChI=1S/C27H41N3O4S2/c1-18(2)27(6,7)23(31)21(28-25(33)34-26(3,4)5)16-30(10)24(32)22(36-17-35)15-19-11-13-20(14-12-19)29(8)9/h11-15,17-18,21H,16H2,1-10H3,(H,28,33)/b22-15+. The molecule has 36 heavy (non-hydrogen) atoms. The number of anilines is 1. The van der Waals surface area contributed by atoms with E-state index in [1.54, 1.807) is 33.9 Å². The molecular weight excluding hydrogens is 494 g/mol. The molecule has 7 nitrogen and oxygen atoms in total. The van der Waals surface area contributed by atoms with Crippen molar-refractivity contribution >= 4 is 58.2 Å². The Kier molecular flexibility index (Phi) is 11.6. The van der Waals surface area contributed by atoms with Crippen molar-refractivity contribution in [2.24, 2.45) is 11.3 Å². The van der Waals surface area contributed by atoms with Gasteiger partial charge in [0.05, 0.1) is 4.91 Å². The highest BCUT2D eigenvalue weighted by Gasteiger charge is 2.38. The number of alkyl carbamates (subject to hydrolysis) is 1. The van der Waals surface area contributed by atoms with Gasteiger partial charge in [0.15, 0.2) is 5.78 Å². The normalized spacial score (nSPS) is 13.1. The van der Waals surface area contributed by atoms with Crippen molar-refractivity contribution in [1.82, 2.24) is 10.2 Å². The number of nitrogens with one attached hydrogen (secondary N) is 1. The van der Waals surface area contributed by atoms with Crippen LogP contribution >= 0.6 is 24.0 Å². The van der Waals surface area contributed by atoms with Gasteiger partial charge in [-0.1, -0.05) is 63.8 Å². The summed E-state index contributed by atoms with van der Waals surface area (Å²) < 4.78 is 6.81. The molecule has 1 rings (SSSR count). The lowest BCUT2D eigenvalue weighted by atomic mass is 9.75. The summed E-state index contributed by atoms with van der Waals surface area (Å²) in [5.41, 5.74) is 0.449. The van der Waals surface area contributed by atoms with Crippen molar-refractivity contribution in [2.75, 3.05) is 32.6 Å². The van der Waals surface area contributed by atoms with Crippen LogP contribution in [0.1, 0.15) is 54.0 Å². The van der Waals surface area contributed by atoms with E-state index in [0.29, 0.717) is 4.91 Å². The molecule has 1 unspecified atom stereocenters. The molecule has 1 aromatic carbocycles. The summed E-state index contributed by atoms with van der Waals surface area (Å²) in [6.45, 7) is 12.8. The molecule has 1 atom stereocenters. The summed E-state index contributed by atoms with van der Waals surface area (Å²) in [4.78, 5) is 43.2. The number of amides is 2. The van der Waals surface area contributed by atoms with Crippen molar-refractivity contribution in [3.63, 3.8) is 0 Å². The number of ketones is 1. The number of Topliss-reactive ketones (excluding diaryl/α,β-unsaturated/α-hetero) is 1. The summed E-state index contributed by atoms with van der Waals surface area (Å²) in [6, 6.07) is 6.84. The van der Waals surface area contributed by atoms with E-state index in [-0.39, 0.29) is 24.2 Å². The van der Waals surface area contributed by atoms with Gasteiger partial charge >= 0.3 is 6.09 Å². The summed E-state index contributed by atoms with van der Waals surface area (Å²) >= 11 is 6.15. The molecule has 200 valence electrons. The molecule has 0 bridgehead atoms. The SMILES string of the molecule is CC(C)C(C)(C)C(=O)C(CN(C)C(=O)/C(=C\c1ccc(N(C)C)cc1)SC=S)NC(=O)OC(C)(C)C. The van der Waals surface area contributed by atoms with Crippen LogP contribution in [0.5, 0.6) is 0 Å². The average molecular weight is 536 g/mol. The first-order valence-corrected chi connectivity index (χ1v) is 13.2. The molecule has 1 aromatic rings. The first-order chi connectivity index (χ1) is 16.5. The van der Waals surface area contributed by atoms with E-state index >= 15 is 0 Å². The molecule has 0 fully saturated rings. The van der Waals surface area contributed by atoms with Gasteiger partial charge in [0.2, 0.25) is 0 Å². The third-order valence-corrected chi connectivity index (χ3v) is 6.91. The van der Waals surface area contributed by atoms with Crippen LogP contribution in [0, 0.1) is 11.3 Å². The fraction of sp³-hybridized carbons (Fsp3) is 0.556. The number of nitrogens with zero attached hydrogens (tertiary/aromatic N) is 2. The number of hydrogen-bond donors (Lipinski definition) is 1.